The monoisotopic (exact) mass is 492 g/mol. The quantitative estimate of drug-likeness (QED) is 0.380. The minimum absolute atomic E-state index is 0.0757. The maximum atomic E-state index is 14.0. The molecule has 6 rings (SSSR count). The molecule has 1 fully saturated rings. The Morgan fingerprint density at radius 3 is 2.35 bits per heavy atom. The number of aromatic nitrogens is 6. The Hall–Kier alpha value is -4.53. The van der Waals surface area contributed by atoms with Gasteiger partial charge in [-0.3, -0.25) is 4.79 Å². The Bertz CT molecular complexity index is 1580. The number of nitrogens with zero attached hydrogens (tertiary/aromatic N) is 8. The lowest BCUT2D eigenvalue weighted by atomic mass is 10.0. The van der Waals surface area contributed by atoms with E-state index in [1.54, 1.807) is 13.2 Å². The number of rotatable bonds is 4. The molecule has 186 valence electrons. The molecule has 0 N–H and O–H groups in total. The van der Waals surface area contributed by atoms with Crippen molar-refractivity contribution in [2.24, 2.45) is 14.1 Å². The molecule has 1 aliphatic heterocycles. The van der Waals surface area contributed by atoms with Crippen molar-refractivity contribution in [2.75, 3.05) is 31.1 Å². The fourth-order valence-electron chi connectivity index (χ4n) is 5.11. The van der Waals surface area contributed by atoms with Gasteiger partial charge in [0, 0.05) is 55.9 Å². The summed E-state index contributed by atoms with van der Waals surface area (Å²) >= 11 is 0. The largest absolute Gasteiger partial charge is 0.353 e. The van der Waals surface area contributed by atoms with E-state index < -0.39 is 0 Å². The second-order valence-electron chi connectivity index (χ2n) is 9.46. The summed E-state index contributed by atoms with van der Waals surface area (Å²) in [6.45, 7) is 4.76. The van der Waals surface area contributed by atoms with E-state index in [9.17, 15) is 4.79 Å². The highest BCUT2D eigenvalue weighted by atomic mass is 16.2. The van der Waals surface area contributed by atoms with E-state index in [1.165, 1.54) is 4.80 Å². The number of tetrazole rings is 1. The first kappa shape index (κ1) is 22.9. The minimum atomic E-state index is 0.0757. The number of fused-ring (bicyclic) bond motifs is 1. The SMILES string of the molecule is Cc1ccc2c(c1)c(C(=O)N1CCN(c3ccc(-c4nnn(C)n4)cn3)CC1)c(-c1ccccc1)n2C. The van der Waals surface area contributed by atoms with E-state index in [-0.39, 0.29) is 5.91 Å². The molecule has 0 saturated carbocycles. The second kappa shape index (κ2) is 9.16. The van der Waals surface area contributed by atoms with Crippen LogP contribution in [0.5, 0.6) is 0 Å². The summed E-state index contributed by atoms with van der Waals surface area (Å²) in [6.07, 6.45) is 1.77. The van der Waals surface area contributed by atoms with E-state index in [0.717, 1.165) is 44.7 Å². The van der Waals surface area contributed by atoms with Crippen LogP contribution in [0.15, 0.2) is 66.9 Å². The fourth-order valence-corrected chi connectivity index (χ4v) is 5.11. The molecule has 37 heavy (non-hydrogen) atoms. The van der Waals surface area contributed by atoms with Crippen LogP contribution < -0.4 is 4.90 Å². The Balaban J connectivity index is 1.25. The Morgan fingerprint density at radius 1 is 0.892 bits per heavy atom. The first-order chi connectivity index (χ1) is 18.0. The number of benzene rings is 2. The van der Waals surface area contributed by atoms with Crippen molar-refractivity contribution in [3.63, 3.8) is 0 Å². The summed E-state index contributed by atoms with van der Waals surface area (Å²) in [5.41, 5.74) is 5.81. The summed E-state index contributed by atoms with van der Waals surface area (Å²) in [5, 5.41) is 13.2. The molecule has 0 bridgehead atoms. The Morgan fingerprint density at radius 2 is 1.68 bits per heavy atom. The van der Waals surface area contributed by atoms with Gasteiger partial charge in [-0.05, 0) is 42.0 Å². The van der Waals surface area contributed by atoms with Crippen LogP contribution in [-0.2, 0) is 14.1 Å². The molecule has 3 aromatic heterocycles. The lowest BCUT2D eigenvalue weighted by molar-refractivity contribution is 0.0749. The molecule has 0 atom stereocenters. The average molecular weight is 493 g/mol. The molecule has 2 aromatic carbocycles. The zero-order valence-corrected chi connectivity index (χ0v) is 21.2. The van der Waals surface area contributed by atoms with E-state index in [4.69, 9.17) is 0 Å². The Kier molecular flexibility index (Phi) is 5.67. The predicted octanol–water partition coefficient (Wildman–Crippen LogP) is 3.70. The van der Waals surface area contributed by atoms with Gasteiger partial charge in [-0.2, -0.15) is 4.80 Å². The molecule has 9 heteroatoms. The molecular weight excluding hydrogens is 464 g/mol. The van der Waals surface area contributed by atoms with Gasteiger partial charge in [-0.15, -0.1) is 10.2 Å². The van der Waals surface area contributed by atoms with Crippen LogP contribution in [-0.4, -0.2) is 66.7 Å². The number of aryl methyl sites for hydroxylation is 3. The zero-order chi connectivity index (χ0) is 25.5. The number of carbonyl (C=O) groups excluding carboxylic acids is 1. The van der Waals surface area contributed by atoms with Crippen molar-refractivity contribution >= 4 is 22.6 Å². The lowest BCUT2D eigenvalue weighted by Gasteiger charge is -2.35. The molecule has 9 nitrogen and oxygen atoms in total. The van der Waals surface area contributed by atoms with E-state index >= 15 is 0 Å². The summed E-state index contributed by atoms with van der Waals surface area (Å²) in [4.78, 5) is 24.3. The van der Waals surface area contributed by atoms with Crippen molar-refractivity contribution < 1.29 is 4.79 Å². The van der Waals surface area contributed by atoms with Gasteiger partial charge in [0.25, 0.3) is 5.91 Å². The van der Waals surface area contributed by atoms with Gasteiger partial charge in [0.15, 0.2) is 0 Å². The highest BCUT2D eigenvalue weighted by Crippen LogP contribution is 2.35. The van der Waals surface area contributed by atoms with E-state index in [0.29, 0.717) is 32.0 Å². The number of hydrogen-bond donors (Lipinski definition) is 0. The zero-order valence-electron chi connectivity index (χ0n) is 21.2. The molecular formula is C28H28N8O. The van der Waals surface area contributed by atoms with Gasteiger partial charge in [-0.1, -0.05) is 42.0 Å². The summed E-state index contributed by atoms with van der Waals surface area (Å²) < 4.78 is 2.14. The normalized spacial score (nSPS) is 13.9. The second-order valence-corrected chi connectivity index (χ2v) is 9.46. The summed E-state index contributed by atoms with van der Waals surface area (Å²) in [7, 11) is 3.78. The summed E-state index contributed by atoms with van der Waals surface area (Å²) in [6, 6.07) is 20.5. The van der Waals surface area contributed by atoms with Crippen molar-refractivity contribution in [1.82, 2.24) is 34.7 Å². The minimum Gasteiger partial charge on any atom is -0.353 e. The van der Waals surface area contributed by atoms with Crippen molar-refractivity contribution in [3.05, 3.63) is 78.0 Å². The van der Waals surface area contributed by atoms with Crippen molar-refractivity contribution in [3.8, 4) is 22.6 Å². The van der Waals surface area contributed by atoms with Gasteiger partial charge in [0.05, 0.1) is 18.3 Å². The number of pyridine rings is 1. The van der Waals surface area contributed by atoms with Crippen LogP contribution in [0.25, 0.3) is 33.5 Å². The molecule has 1 saturated heterocycles. The molecule has 4 heterocycles. The number of hydrogen-bond acceptors (Lipinski definition) is 6. The number of carbonyl (C=O) groups is 1. The Labute approximate surface area is 215 Å². The molecule has 0 aliphatic carbocycles. The maximum absolute atomic E-state index is 14.0. The van der Waals surface area contributed by atoms with Crippen molar-refractivity contribution in [1.29, 1.82) is 0 Å². The molecule has 1 amide bonds. The lowest BCUT2D eigenvalue weighted by Crippen LogP contribution is -2.49. The number of piperazine rings is 1. The van der Waals surface area contributed by atoms with Crippen LogP contribution in [0.1, 0.15) is 15.9 Å². The van der Waals surface area contributed by atoms with Crippen LogP contribution >= 0.6 is 0 Å². The third-order valence-electron chi connectivity index (χ3n) is 7.02. The first-order valence-electron chi connectivity index (χ1n) is 12.4. The standard InChI is InChI=1S/C28H28N8O/c1-19-9-11-23-22(17-19)25(26(33(23)2)20-7-5-4-6-8-20)28(37)36-15-13-35(14-16-36)24-12-10-21(18-29-24)27-30-32-34(3)31-27/h4-12,17-18H,13-16H2,1-3H3. The topological polar surface area (TPSA) is 85.0 Å². The molecule has 0 radical (unpaired) electrons. The maximum Gasteiger partial charge on any atom is 0.256 e. The summed E-state index contributed by atoms with van der Waals surface area (Å²) in [5.74, 6) is 1.51. The highest BCUT2D eigenvalue weighted by Gasteiger charge is 2.29. The van der Waals surface area contributed by atoms with Gasteiger partial charge in [-0.25, -0.2) is 4.98 Å². The predicted molar refractivity (Wildman–Crippen MR) is 143 cm³/mol. The molecule has 0 unspecified atom stereocenters. The average Bonchev–Trinajstić information content (AvgIpc) is 3.49. The fraction of sp³-hybridized carbons (Fsp3) is 0.250. The number of anilines is 1. The van der Waals surface area contributed by atoms with E-state index in [2.05, 4.69) is 67.1 Å². The highest BCUT2D eigenvalue weighted by molar-refractivity contribution is 6.13. The van der Waals surface area contributed by atoms with Gasteiger partial charge < -0.3 is 14.4 Å². The third-order valence-corrected chi connectivity index (χ3v) is 7.02. The molecule has 1 aliphatic rings. The third kappa shape index (κ3) is 4.12. The molecule has 0 spiro atoms. The van der Waals surface area contributed by atoms with Crippen LogP contribution in [0.3, 0.4) is 0 Å². The van der Waals surface area contributed by atoms with Crippen LogP contribution in [0.4, 0.5) is 5.82 Å². The van der Waals surface area contributed by atoms with Gasteiger partial charge in [0.2, 0.25) is 5.82 Å². The smallest absolute Gasteiger partial charge is 0.256 e. The van der Waals surface area contributed by atoms with E-state index in [1.807, 2.05) is 42.3 Å². The first-order valence-corrected chi connectivity index (χ1v) is 12.4. The van der Waals surface area contributed by atoms with Crippen molar-refractivity contribution in [2.45, 2.75) is 6.92 Å². The van der Waals surface area contributed by atoms with Gasteiger partial charge >= 0.3 is 0 Å². The van der Waals surface area contributed by atoms with Crippen LogP contribution in [0, 0.1) is 6.92 Å². The van der Waals surface area contributed by atoms with Gasteiger partial charge in [0.1, 0.15) is 5.82 Å². The molecule has 5 aromatic rings. The number of amides is 1. The van der Waals surface area contributed by atoms with Crippen LogP contribution in [0.2, 0.25) is 0 Å².